The summed E-state index contributed by atoms with van der Waals surface area (Å²) in [4.78, 5) is 14.2. The summed E-state index contributed by atoms with van der Waals surface area (Å²) < 4.78 is 30.7. The van der Waals surface area contributed by atoms with E-state index in [1.165, 1.54) is 4.90 Å². The zero-order chi connectivity index (χ0) is 19.7. The van der Waals surface area contributed by atoms with Crippen molar-refractivity contribution in [2.24, 2.45) is 0 Å². The average Bonchev–Trinajstić information content (AvgIpc) is 3.19. The van der Waals surface area contributed by atoms with Crippen LogP contribution in [0.2, 0.25) is 0 Å². The maximum Gasteiger partial charge on any atom is 0.336 e. The summed E-state index contributed by atoms with van der Waals surface area (Å²) >= 11 is 0. The number of amides is 1. The Hall–Kier alpha value is -3.00. The lowest BCUT2D eigenvalue weighted by Crippen LogP contribution is -2.39. The van der Waals surface area contributed by atoms with E-state index in [1.807, 2.05) is 43.3 Å². The second kappa shape index (κ2) is 7.20. The standard InChI is InChI=1S/C20H19N3O4S/c1-14-8-10-16(11-9-14)19-21-22-20(27-19)28(25,26)13-18(24)23-12-4-6-15-5-2-3-7-17(15)23/h2-3,5,7-11H,4,6,12-13H2,1H3. The number of para-hydroxylation sites is 1. The van der Waals surface area contributed by atoms with Gasteiger partial charge in [-0.15, -0.1) is 5.10 Å². The predicted molar refractivity (Wildman–Crippen MR) is 104 cm³/mol. The lowest BCUT2D eigenvalue weighted by Gasteiger charge is -2.29. The highest BCUT2D eigenvalue weighted by molar-refractivity contribution is 7.91. The molecule has 0 aliphatic carbocycles. The topological polar surface area (TPSA) is 93.4 Å². The van der Waals surface area contributed by atoms with Crippen LogP contribution < -0.4 is 4.90 Å². The SMILES string of the molecule is Cc1ccc(-c2nnc(S(=O)(=O)CC(=O)N3CCCc4ccccc43)o2)cc1. The molecule has 1 amide bonds. The Balaban J connectivity index is 1.55. The number of sulfone groups is 1. The van der Waals surface area contributed by atoms with Crippen LogP contribution in [0.15, 0.2) is 58.2 Å². The number of carbonyl (C=O) groups excluding carboxylic acids is 1. The Kier molecular flexibility index (Phi) is 4.72. The third kappa shape index (κ3) is 3.55. The Morgan fingerprint density at radius 2 is 1.86 bits per heavy atom. The molecule has 0 fully saturated rings. The van der Waals surface area contributed by atoms with E-state index in [4.69, 9.17) is 4.42 Å². The van der Waals surface area contributed by atoms with Crippen molar-refractivity contribution in [3.05, 3.63) is 59.7 Å². The smallest absolute Gasteiger partial charge is 0.336 e. The minimum Gasteiger partial charge on any atom is -0.408 e. The van der Waals surface area contributed by atoms with Crippen molar-refractivity contribution in [2.75, 3.05) is 17.2 Å². The van der Waals surface area contributed by atoms with E-state index >= 15 is 0 Å². The van der Waals surface area contributed by atoms with Crippen molar-refractivity contribution >= 4 is 21.4 Å². The van der Waals surface area contributed by atoms with E-state index in [1.54, 1.807) is 12.1 Å². The predicted octanol–water partition coefficient (Wildman–Crippen LogP) is 2.80. The molecule has 3 aromatic rings. The first-order valence-electron chi connectivity index (χ1n) is 8.95. The molecule has 8 heteroatoms. The first kappa shape index (κ1) is 18.4. The fraction of sp³-hybridized carbons (Fsp3) is 0.250. The van der Waals surface area contributed by atoms with Crippen LogP contribution in [-0.4, -0.2) is 36.8 Å². The van der Waals surface area contributed by atoms with Crippen LogP contribution in [0.5, 0.6) is 0 Å². The molecular formula is C20H19N3O4S. The molecular weight excluding hydrogens is 378 g/mol. The third-order valence-corrected chi connectivity index (χ3v) is 6.02. The summed E-state index contributed by atoms with van der Waals surface area (Å²) in [5, 5.41) is 6.93. The molecule has 1 aliphatic rings. The molecule has 0 unspecified atom stereocenters. The van der Waals surface area contributed by atoms with Gasteiger partial charge in [-0.1, -0.05) is 41.0 Å². The Bertz CT molecular complexity index is 1120. The number of aromatic nitrogens is 2. The molecule has 2 heterocycles. The van der Waals surface area contributed by atoms with E-state index in [9.17, 15) is 13.2 Å². The van der Waals surface area contributed by atoms with Gasteiger partial charge in [-0.05, 0) is 43.5 Å². The van der Waals surface area contributed by atoms with Gasteiger partial charge in [0, 0.05) is 17.8 Å². The molecule has 1 aliphatic heterocycles. The first-order chi connectivity index (χ1) is 13.4. The molecule has 0 atom stereocenters. The van der Waals surface area contributed by atoms with Crippen LogP contribution in [0.25, 0.3) is 11.5 Å². The van der Waals surface area contributed by atoms with Crippen LogP contribution in [-0.2, 0) is 21.1 Å². The molecule has 0 radical (unpaired) electrons. The molecule has 0 N–H and O–H groups in total. The highest BCUT2D eigenvalue weighted by atomic mass is 32.2. The summed E-state index contributed by atoms with van der Waals surface area (Å²) in [6, 6.07) is 14.8. The molecule has 0 saturated heterocycles. The minimum absolute atomic E-state index is 0.106. The largest absolute Gasteiger partial charge is 0.408 e. The van der Waals surface area contributed by atoms with Crippen molar-refractivity contribution in [1.29, 1.82) is 0 Å². The molecule has 144 valence electrons. The molecule has 0 bridgehead atoms. The number of rotatable bonds is 4. The van der Waals surface area contributed by atoms with Crippen LogP contribution in [0, 0.1) is 6.92 Å². The lowest BCUT2D eigenvalue weighted by molar-refractivity contribution is -0.116. The monoisotopic (exact) mass is 397 g/mol. The van der Waals surface area contributed by atoms with Gasteiger partial charge in [-0.2, -0.15) is 0 Å². The quantitative estimate of drug-likeness (QED) is 0.672. The number of hydrogen-bond donors (Lipinski definition) is 0. The Morgan fingerprint density at radius 3 is 2.64 bits per heavy atom. The molecule has 2 aromatic carbocycles. The summed E-state index contributed by atoms with van der Waals surface area (Å²) in [6.07, 6.45) is 1.66. The summed E-state index contributed by atoms with van der Waals surface area (Å²) in [5.41, 5.74) is 3.48. The summed E-state index contributed by atoms with van der Waals surface area (Å²) in [5.74, 6) is -1.10. The van der Waals surface area contributed by atoms with E-state index in [0.717, 1.165) is 29.7 Å². The number of hydrogen-bond acceptors (Lipinski definition) is 6. The average molecular weight is 397 g/mol. The fourth-order valence-corrected chi connectivity index (χ4v) is 4.22. The Morgan fingerprint density at radius 1 is 1.11 bits per heavy atom. The molecule has 4 rings (SSSR count). The third-order valence-electron chi connectivity index (χ3n) is 4.70. The van der Waals surface area contributed by atoms with Gasteiger partial charge in [0.05, 0.1) is 0 Å². The van der Waals surface area contributed by atoms with Gasteiger partial charge < -0.3 is 9.32 Å². The highest BCUT2D eigenvalue weighted by Crippen LogP contribution is 2.27. The van der Waals surface area contributed by atoms with Gasteiger partial charge in [0.15, 0.2) is 0 Å². The van der Waals surface area contributed by atoms with Crippen LogP contribution in [0.3, 0.4) is 0 Å². The summed E-state index contributed by atoms with van der Waals surface area (Å²) in [6.45, 7) is 2.43. The molecule has 7 nitrogen and oxygen atoms in total. The van der Waals surface area contributed by atoms with Crippen molar-refractivity contribution in [3.63, 3.8) is 0 Å². The normalized spacial score (nSPS) is 14.0. The van der Waals surface area contributed by atoms with Crippen molar-refractivity contribution in [2.45, 2.75) is 25.0 Å². The lowest BCUT2D eigenvalue weighted by atomic mass is 10.0. The van der Waals surface area contributed by atoms with Gasteiger partial charge in [0.25, 0.3) is 0 Å². The van der Waals surface area contributed by atoms with Gasteiger partial charge in [0.2, 0.25) is 21.6 Å². The minimum atomic E-state index is -4.04. The van der Waals surface area contributed by atoms with Crippen molar-refractivity contribution in [3.8, 4) is 11.5 Å². The van der Waals surface area contributed by atoms with E-state index in [0.29, 0.717) is 12.1 Å². The highest BCUT2D eigenvalue weighted by Gasteiger charge is 2.31. The van der Waals surface area contributed by atoms with Gasteiger partial charge in [0.1, 0.15) is 5.75 Å². The zero-order valence-electron chi connectivity index (χ0n) is 15.3. The van der Waals surface area contributed by atoms with Crippen LogP contribution >= 0.6 is 0 Å². The maximum atomic E-state index is 12.7. The molecule has 0 spiro atoms. The number of aryl methyl sites for hydroxylation is 2. The van der Waals surface area contributed by atoms with Crippen LogP contribution in [0.4, 0.5) is 5.69 Å². The second-order valence-electron chi connectivity index (χ2n) is 6.78. The number of benzene rings is 2. The molecule has 1 aromatic heterocycles. The van der Waals surface area contributed by atoms with E-state index in [-0.39, 0.29) is 5.89 Å². The fourth-order valence-electron chi connectivity index (χ4n) is 3.24. The number of carbonyl (C=O) groups is 1. The van der Waals surface area contributed by atoms with Crippen LogP contribution in [0.1, 0.15) is 17.5 Å². The first-order valence-corrected chi connectivity index (χ1v) is 10.6. The number of anilines is 1. The van der Waals surface area contributed by atoms with Gasteiger partial charge in [-0.3, -0.25) is 4.79 Å². The van der Waals surface area contributed by atoms with Crippen molar-refractivity contribution < 1.29 is 17.6 Å². The molecule has 0 saturated carbocycles. The number of fused-ring (bicyclic) bond motifs is 1. The van der Waals surface area contributed by atoms with E-state index < -0.39 is 26.7 Å². The molecule has 28 heavy (non-hydrogen) atoms. The summed E-state index contributed by atoms with van der Waals surface area (Å²) in [7, 11) is -4.04. The zero-order valence-corrected chi connectivity index (χ0v) is 16.1. The van der Waals surface area contributed by atoms with E-state index in [2.05, 4.69) is 10.2 Å². The van der Waals surface area contributed by atoms with Gasteiger partial charge in [-0.25, -0.2) is 8.42 Å². The van der Waals surface area contributed by atoms with Crippen molar-refractivity contribution in [1.82, 2.24) is 10.2 Å². The number of nitrogens with zero attached hydrogens (tertiary/aromatic N) is 3. The second-order valence-corrected chi connectivity index (χ2v) is 8.64. The maximum absolute atomic E-state index is 12.7. The Labute approximate surface area is 162 Å². The van der Waals surface area contributed by atoms with Gasteiger partial charge >= 0.3 is 5.22 Å².